The van der Waals surface area contributed by atoms with E-state index >= 15 is 0 Å². The van der Waals surface area contributed by atoms with Crippen LogP contribution in [0.25, 0.3) is 0 Å². The van der Waals surface area contributed by atoms with E-state index in [1.165, 1.54) is 0 Å². The van der Waals surface area contributed by atoms with Gasteiger partial charge in [-0.25, -0.2) is 13.1 Å². The molecule has 22 heavy (non-hydrogen) atoms. The van der Waals surface area contributed by atoms with Gasteiger partial charge in [-0.15, -0.1) is 0 Å². The average molecular weight is 319 g/mol. The van der Waals surface area contributed by atoms with Crippen LogP contribution in [-0.4, -0.2) is 25.5 Å². The van der Waals surface area contributed by atoms with Gasteiger partial charge in [-0.2, -0.15) is 0 Å². The van der Waals surface area contributed by atoms with Crippen molar-refractivity contribution in [1.82, 2.24) is 4.72 Å². The molecule has 0 saturated heterocycles. The maximum Gasteiger partial charge on any atom is 0.322 e. The van der Waals surface area contributed by atoms with Gasteiger partial charge >= 0.3 is 5.97 Å². The Bertz CT molecular complexity index is 714. The molecular formula is C16H17NO4S. The molecule has 1 unspecified atom stereocenters. The number of aliphatic carboxylic acids is 1. The summed E-state index contributed by atoms with van der Waals surface area (Å²) in [4.78, 5) is 11.3. The highest BCUT2D eigenvalue weighted by molar-refractivity contribution is 7.88. The van der Waals surface area contributed by atoms with Gasteiger partial charge in [0.1, 0.15) is 6.04 Å². The fourth-order valence-electron chi connectivity index (χ4n) is 2.08. The predicted octanol–water partition coefficient (Wildman–Crippen LogP) is 1.80. The van der Waals surface area contributed by atoms with Crippen molar-refractivity contribution in [2.24, 2.45) is 0 Å². The maximum absolute atomic E-state index is 12.1. The van der Waals surface area contributed by atoms with Crippen molar-refractivity contribution in [2.45, 2.75) is 18.2 Å². The molecule has 0 aromatic heterocycles. The minimum Gasteiger partial charge on any atom is -0.480 e. The van der Waals surface area contributed by atoms with E-state index in [-0.39, 0.29) is 12.2 Å². The van der Waals surface area contributed by atoms with Crippen LogP contribution < -0.4 is 4.72 Å². The summed E-state index contributed by atoms with van der Waals surface area (Å²) >= 11 is 0. The van der Waals surface area contributed by atoms with Crippen LogP contribution in [0, 0.1) is 0 Å². The van der Waals surface area contributed by atoms with Crippen molar-refractivity contribution in [3.05, 3.63) is 71.8 Å². The zero-order valence-corrected chi connectivity index (χ0v) is 12.7. The second-order valence-electron chi connectivity index (χ2n) is 4.94. The molecule has 116 valence electrons. The zero-order valence-electron chi connectivity index (χ0n) is 11.8. The topological polar surface area (TPSA) is 83.5 Å². The number of benzene rings is 2. The smallest absolute Gasteiger partial charge is 0.322 e. The monoisotopic (exact) mass is 319 g/mol. The first-order valence-corrected chi connectivity index (χ1v) is 8.42. The molecule has 0 aliphatic carbocycles. The van der Waals surface area contributed by atoms with Gasteiger partial charge in [-0.05, 0) is 17.5 Å². The summed E-state index contributed by atoms with van der Waals surface area (Å²) in [5.41, 5.74) is 1.37. The number of carbonyl (C=O) groups is 1. The van der Waals surface area contributed by atoms with E-state index in [2.05, 4.69) is 4.72 Å². The van der Waals surface area contributed by atoms with E-state index in [1.54, 1.807) is 54.6 Å². The number of carboxylic acids is 1. The molecule has 2 N–H and O–H groups in total. The number of hydrogen-bond acceptors (Lipinski definition) is 3. The number of sulfonamides is 1. The fourth-order valence-corrected chi connectivity index (χ4v) is 3.41. The lowest BCUT2D eigenvalue weighted by atomic mass is 10.1. The summed E-state index contributed by atoms with van der Waals surface area (Å²) in [5.74, 6) is -1.44. The van der Waals surface area contributed by atoms with Crippen molar-refractivity contribution in [3.8, 4) is 0 Å². The zero-order chi connectivity index (χ0) is 16.0. The van der Waals surface area contributed by atoms with Gasteiger partial charge in [0.2, 0.25) is 10.0 Å². The molecule has 0 aliphatic rings. The number of carboxylic acid groups (broad SMARTS) is 1. The van der Waals surface area contributed by atoms with Crippen LogP contribution in [0.4, 0.5) is 0 Å². The van der Waals surface area contributed by atoms with Crippen molar-refractivity contribution in [3.63, 3.8) is 0 Å². The Balaban J connectivity index is 2.08. The van der Waals surface area contributed by atoms with Crippen molar-refractivity contribution >= 4 is 16.0 Å². The number of nitrogens with one attached hydrogen (secondary N) is 1. The average Bonchev–Trinajstić information content (AvgIpc) is 2.48. The molecule has 6 heteroatoms. The van der Waals surface area contributed by atoms with Crippen LogP contribution >= 0.6 is 0 Å². The molecule has 0 aliphatic heterocycles. The molecule has 1 atom stereocenters. The minimum atomic E-state index is -3.73. The summed E-state index contributed by atoms with van der Waals surface area (Å²) in [7, 11) is -3.73. The van der Waals surface area contributed by atoms with E-state index in [0.29, 0.717) is 5.56 Å². The third-order valence-electron chi connectivity index (χ3n) is 3.10. The van der Waals surface area contributed by atoms with Crippen LogP contribution in [0.15, 0.2) is 60.7 Å². The molecule has 2 aromatic rings. The lowest BCUT2D eigenvalue weighted by Crippen LogP contribution is -2.42. The van der Waals surface area contributed by atoms with Gasteiger partial charge in [0.25, 0.3) is 0 Å². The largest absolute Gasteiger partial charge is 0.480 e. The third-order valence-corrected chi connectivity index (χ3v) is 4.46. The van der Waals surface area contributed by atoms with Gasteiger partial charge in [-0.1, -0.05) is 60.7 Å². The van der Waals surface area contributed by atoms with E-state index in [0.717, 1.165) is 5.56 Å². The molecule has 5 nitrogen and oxygen atoms in total. The van der Waals surface area contributed by atoms with Gasteiger partial charge in [0, 0.05) is 0 Å². The fraction of sp³-hybridized carbons (Fsp3) is 0.188. The Morgan fingerprint density at radius 1 is 0.955 bits per heavy atom. The summed E-state index contributed by atoms with van der Waals surface area (Å²) in [6.45, 7) is 0. The highest BCUT2D eigenvalue weighted by atomic mass is 32.2. The Kier molecular flexibility index (Phi) is 5.30. The second kappa shape index (κ2) is 7.20. The Hall–Kier alpha value is -2.18. The molecule has 2 rings (SSSR count). The van der Waals surface area contributed by atoms with Gasteiger partial charge in [0.05, 0.1) is 5.75 Å². The standard InChI is InChI=1S/C16H17NO4S/c18-16(19)15(11-13-7-3-1-4-8-13)17-22(20,21)12-14-9-5-2-6-10-14/h1-10,15,17H,11-12H2,(H,18,19). The van der Waals surface area contributed by atoms with E-state index in [9.17, 15) is 18.3 Å². The molecule has 0 radical (unpaired) electrons. The molecular weight excluding hydrogens is 302 g/mol. The normalized spacial score (nSPS) is 12.7. The lowest BCUT2D eigenvalue weighted by molar-refractivity contribution is -0.138. The Morgan fingerprint density at radius 2 is 1.45 bits per heavy atom. The SMILES string of the molecule is O=C(O)C(Cc1ccccc1)NS(=O)(=O)Cc1ccccc1. The Morgan fingerprint density at radius 3 is 1.95 bits per heavy atom. The summed E-state index contributed by atoms with van der Waals surface area (Å²) in [5, 5.41) is 9.24. The highest BCUT2D eigenvalue weighted by Gasteiger charge is 2.24. The summed E-state index contributed by atoms with van der Waals surface area (Å²) in [6.07, 6.45) is 0.101. The van der Waals surface area contributed by atoms with Crippen molar-refractivity contribution < 1.29 is 18.3 Å². The van der Waals surface area contributed by atoms with E-state index in [1.807, 2.05) is 6.07 Å². The van der Waals surface area contributed by atoms with E-state index in [4.69, 9.17) is 0 Å². The van der Waals surface area contributed by atoms with Crippen molar-refractivity contribution in [1.29, 1.82) is 0 Å². The van der Waals surface area contributed by atoms with Crippen LogP contribution in [0.3, 0.4) is 0 Å². The molecule has 0 fully saturated rings. The molecule has 0 bridgehead atoms. The quantitative estimate of drug-likeness (QED) is 0.815. The van der Waals surface area contributed by atoms with Gasteiger partial charge in [-0.3, -0.25) is 4.79 Å². The predicted molar refractivity (Wildman–Crippen MR) is 83.8 cm³/mol. The van der Waals surface area contributed by atoms with Crippen LogP contribution in [0.1, 0.15) is 11.1 Å². The first-order chi connectivity index (χ1) is 10.5. The van der Waals surface area contributed by atoms with Gasteiger partial charge in [0.15, 0.2) is 0 Å². The Labute approximate surface area is 129 Å². The van der Waals surface area contributed by atoms with Crippen LogP contribution in [-0.2, 0) is 27.0 Å². The van der Waals surface area contributed by atoms with Crippen LogP contribution in [0.2, 0.25) is 0 Å². The highest BCUT2D eigenvalue weighted by Crippen LogP contribution is 2.08. The first kappa shape index (κ1) is 16.2. The molecule has 0 saturated carbocycles. The maximum atomic E-state index is 12.1. The second-order valence-corrected chi connectivity index (χ2v) is 6.70. The molecule has 0 spiro atoms. The molecule has 0 amide bonds. The van der Waals surface area contributed by atoms with Gasteiger partial charge < -0.3 is 5.11 Å². The summed E-state index contributed by atoms with van der Waals surface area (Å²) < 4.78 is 26.5. The molecule has 2 aromatic carbocycles. The van der Waals surface area contributed by atoms with Crippen LogP contribution in [0.5, 0.6) is 0 Å². The first-order valence-electron chi connectivity index (χ1n) is 6.77. The molecule has 0 heterocycles. The minimum absolute atomic E-state index is 0.101. The lowest BCUT2D eigenvalue weighted by Gasteiger charge is -2.15. The summed E-state index contributed by atoms with van der Waals surface area (Å²) in [6, 6.07) is 16.4. The van der Waals surface area contributed by atoms with E-state index < -0.39 is 22.0 Å². The number of hydrogen-bond donors (Lipinski definition) is 2. The third kappa shape index (κ3) is 4.98. The van der Waals surface area contributed by atoms with Crippen molar-refractivity contribution in [2.75, 3.05) is 0 Å². The number of rotatable bonds is 7.